The number of ether oxygens (including phenoxy) is 1. The second-order valence-corrected chi connectivity index (χ2v) is 8.85. The summed E-state index contributed by atoms with van der Waals surface area (Å²) in [4.78, 5) is 19.1. The smallest absolute Gasteiger partial charge is 0.435 e. The van der Waals surface area contributed by atoms with E-state index in [0.717, 1.165) is 10.2 Å². The number of rotatable bonds is 3. The minimum atomic E-state index is -0.705. The van der Waals surface area contributed by atoms with Crippen molar-refractivity contribution in [1.29, 1.82) is 5.26 Å². The molecule has 3 aromatic rings. The van der Waals surface area contributed by atoms with E-state index in [4.69, 9.17) is 4.74 Å². The van der Waals surface area contributed by atoms with Crippen LogP contribution in [0.4, 0.5) is 9.18 Å². The van der Waals surface area contributed by atoms with Gasteiger partial charge in [-0.3, -0.25) is 0 Å². The number of carbonyl (C=O) groups excluding carboxylic acids is 1. The van der Waals surface area contributed by atoms with Crippen LogP contribution in [-0.4, -0.2) is 45.5 Å². The number of carbonyl (C=O) groups is 1. The number of aromatic nitrogens is 3. The molecule has 0 radical (unpaired) electrons. The molecule has 0 aliphatic carbocycles. The van der Waals surface area contributed by atoms with Crippen molar-refractivity contribution in [2.24, 2.45) is 0 Å². The average molecular weight is 423 g/mol. The Labute approximate surface area is 181 Å². The first kappa shape index (κ1) is 22.4. The zero-order valence-corrected chi connectivity index (χ0v) is 18.9. The molecule has 0 atom stereocenters. The van der Waals surface area contributed by atoms with Crippen LogP contribution in [0.15, 0.2) is 18.2 Å². The van der Waals surface area contributed by atoms with Crippen LogP contribution in [0.1, 0.15) is 43.2 Å². The lowest BCUT2D eigenvalue weighted by atomic mass is 9.98. The van der Waals surface area contributed by atoms with Crippen LogP contribution in [0.5, 0.6) is 0 Å². The Morgan fingerprint density at radius 2 is 1.94 bits per heavy atom. The van der Waals surface area contributed by atoms with Crippen molar-refractivity contribution >= 4 is 17.1 Å². The van der Waals surface area contributed by atoms with Crippen molar-refractivity contribution in [2.45, 2.75) is 46.8 Å². The molecular weight excluding hydrogens is 397 g/mol. The van der Waals surface area contributed by atoms with Crippen molar-refractivity contribution < 1.29 is 13.9 Å². The van der Waals surface area contributed by atoms with E-state index in [1.165, 1.54) is 12.1 Å². The van der Waals surface area contributed by atoms with E-state index in [1.807, 2.05) is 25.1 Å². The number of halogens is 1. The minimum Gasteiger partial charge on any atom is -0.442 e. The summed E-state index contributed by atoms with van der Waals surface area (Å²) in [6, 6.07) is 6.94. The molecule has 3 rings (SSSR count). The van der Waals surface area contributed by atoms with Crippen LogP contribution in [0.2, 0.25) is 0 Å². The molecule has 0 N–H and O–H groups in total. The molecule has 2 heterocycles. The van der Waals surface area contributed by atoms with Crippen molar-refractivity contribution in [3.63, 3.8) is 0 Å². The van der Waals surface area contributed by atoms with Crippen LogP contribution >= 0.6 is 0 Å². The number of aryl methyl sites for hydroxylation is 2. The number of nitriles is 1. The van der Waals surface area contributed by atoms with E-state index in [2.05, 4.69) is 16.2 Å². The fourth-order valence-corrected chi connectivity index (χ4v) is 3.47. The highest BCUT2D eigenvalue weighted by atomic mass is 19.1. The van der Waals surface area contributed by atoms with Gasteiger partial charge in [0.25, 0.3) is 0 Å². The monoisotopic (exact) mass is 423 g/mol. The summed E-state index contributed by atoms with van der Waals surface area (Å²) in [6.07, 6.45) is -0.667. The zero-order valence-electron chi connectivity index (χ0n) is 18.9. The SMILES string of the molecule is Cc1cc(CN(C)C)cc(F)c1-c1nc2c(C)nn(C(=O)OC(C)(C)C)c2cc1C#N. The molecule has 1 aromatic carbocycles. The molecular formula is C23H26FN5O2. The summed E-state index contributed by atoms with van der Waals surface area (Å²) >= 11 is 0. The fourth-order valence-electron chi connectivity index (χ4n) is 3.47. The quantitative estimate of drug-likeness (QED) is 0.614. The highest BCUT2D eigenvalue weighted by Crippen LogP contribution is 2.32. The maximum atomic E-state index is 15.1. The highest BCUT2D eigenvalue weighted by molar-refractivity contribution is 5.90. The van der Waals surface area contributed by atoms with Crippen LogP contribution in [0, 0.1) is 31.0 Å². The third-order valence-corrected chi connectivity index (χ3v) is 4.59. The molecule has 2 aromatic heterocycles. The van der Waals surface area contributed by atoms with E-state index >= 15 is 4.39 Å². The largest absolute Gasteiger partial charge is 0.442 e. The Balaban J connectivity index is 2.19. The molecule has 162 valence electrons. The second-order valence-electron chi connectivity index (χ2n) is 8.85. The topological polar surface area (TPSA) is 84.0 Å². The lowest BCUT2D eigenvalue weighted by molar-refractivity contribution is 0.0522. The molecule has 0 saturated heterocycles. The van der Waals surface area contributed by atoms with Crippen molar-refractivity contribution in [1.82, 2.24) is 19.7 Å². The van der Waals surface area contributed by atoms with Gasteiger partial charge in [-0.25, -0.2) is 14.2 Å². The van der Waals surface area contributed by atoms with E-state index in [9.17, 15) is 10.1 Å². The number of hydrogen-bond acceptors (Lipinski definition) is 6. The van der Waals surface area contributed by atoms with Crippen LogP contribution in [0.25, 0.3) is 22.3 Å². The van der Waals surface area contributed by atoms with Gasteiger partial charge < -0.3 is 9.64 Å². The summed E-state index contributed by atoms with van der Waals surface area (Å²) in [5.41, 5.74) is 2.69. The first-order valence-electron chi connectivity index (χ1n) is 9.89. The van der Waals surface area contributed by atoms with Gasteiger partial charge in [-0.05, 0) is 72.0 Å². The van der Waals surface area contributed by atoms with Crippen LogP contribution in [-0.2, 0) is 11.3 Å². The maximum absolute atomic E-state index is 15.1. The number of fused-ring (bicyclic) bond motifs is 1. The van der Waals surface area contributed by atoms with Gasteiger partial charge in [0.15, 0.2) is 0 Å². The molecule has 0 unspecified atom stereocenters. The molecule has 0 amide bonds. The van der Waals surface area contributed by atoms with Gasteiger partial charge in [-0.1, -0.05) is 6.07 Å². The summed E-state index contributed by atoms with van der Waals surface area (Å²) < 4.78 is 21.6. The van der Waals surface area contributed by atoms with Gasteiger partial charge in [0, 0.05) is 12.1 Å². The predicted octanol–water partition coefficient (Wildman–Crippen LogP) is 4.57. The Morgan fingerprint density at radius 3 is 2.48 bits per heavy atom. The first-order valence-corrected chi connectivity index (χ1v) is 9.89. The molecule has 31 heavy (non-hydrogen) atoms. The lowest BCUT2D eigenvalue weighted by Gasteiger charge is -2.19. The molecule has 0 bridgehead atoms. The van der Waals surface area contributed by atoms with Crippen molar-refractivity contribution in [3.8, 4) is 17.3 Å². The van der Waals surface area contributed by atoms with Crippen LogP contribution in [0.3, 0.4) is 0 Å². The Hall–Kier alpha value is -3.31. The molecule has 0 saturated carbocycles. The predicted molar refractivity (Wildman–Crippen MR) is 116 cm³/mol. The van der Waals surface area contributed by atoms with E-state index < -0.39 is 17.5 Å². The molecule has 0 fully saturated rings. The molecule has 8 heteroatoms. The molecule has 0 spiro atoms. The summed E-state index contributed by atoms with van der Waals surface area (Å²) in [5, 5.41) is 14.0. The minimum absolute atomic E-state index is 0.152. The Kier molecular flexibility index (Phi) is 5.83. The van der Waals surface area contributed by atoms with Gasteiger partial charge in [-0.15, -0.1) is 0 Å². The van der Waals surface area contributed by atoms with E-state index in [0.29, 0.717) is 28.8 Å². The summed E-state index contributed by atoms with van der Waals surface area (Å²) in [7, 11) is 3.82. The number of hydrogen-bond donors (Lipinski definition) is 0. The van der Waals surface area contributed by atoms with Crippen molar-refractivity contribution in [3.05, 3.63) is 46.4 Å². The fraction of sp³-hybridized carbons (Fsp3) is 0.391. The number of pyridine rings is 1. The van der Waals surface area contributed by atoms with Gasteiger partial charge >= 0.3 is 6.09 Å². The van der Waals surface area contributed by atoms with Crippen molar-refractivity contribution in [2.75, 3.05) is 14.1 Å². The van der Waals surface area contributed by atoms with Gasteiger partial charge in [0.05, 0.1) is 17.0 Å². The normalized spacial score (nSPS) is 11.7. The van der Waals surface area contributed by atoms with E-state index in [1.54, 1.807) is 34.6 Å². The first-order chi connectivity index (χ1) is 14.4. The second kappa shape index (κ2) is 8.08. The zero-order chi connectivity index (χ0) is 23.1. The lowest BCUT2D eigenvalue weighted by Crippen LogP contribution is -2.27. The standard InChI is InChI=1S/C23H26FN5O2/c1-13-8-15(12-28(6)7)9-17(24)19(13)21-16(11-25)10-18-20(26-21)14(2)27-29(18)22(30)31-23(3,4)5/h8-10H,12H2,1-7H3. The van der Waals surface area contributed by atoms with Gasteiger partial charge in [0.2, 0.25) is 0 Å². The molecule has 0 aliphatic heterocycles. The summed E-state index contributed by atoms with van der Waals surface area (Å²) in [5.74, 6) is -0.447. The molecule has 7 nitrogen and oxygen atoms in total. The third-order valence-electron chi connectivity index (χ3n) is 4.59. The summed E-state index contributed by atoms with van der Waals surface area (Å²) in [6.45, 7) is 9.36. The number of benzene rings is 1. The van der Waals surface area contributed by atoms with Gasteiger partial charge in [0.1, 0.15) is 28.5 Å². The Morgan fingerprint density at radius 1 is 1.26 bits per heavy atom. The van der Waals surface area contributed by atoms with E-state index in [-0.39, 0.29) is 16.8 Å². The third kappa shape index (κ3) is 4.57. The average Bonchev–Trinajstić information content (AvgIpc) is 2.94. The maximum Gasteiger partial charge on any atom is 0.435 e. The highest BCUT2D eigenvalue weighted by Gasteiger charge is 2.24. The van der Waals surface area contributed by atoms with Crippen LogP contribution < -0.4 is 0 Å². The number of nitrogens with zero attached hydrogens (tertiary/aromatic N) is 5. The molecule has 0 aliphatic rings. The van der Waals surface area contributed by atoms with Gasteiger partial charge in [-0.2, -0.15) is 15.0 Å². The Bertz CT molecular complexity index is 1190.